The summed E-state index contributed by atoms with van der Waals surface area (Å²) in [5.74, 6) is -1.53. The summed E-state index contributed by atoms with van der Waals surface area (Å²) in [5.41, 5.74) is 2.00. The van der Waals surface area contributed by atoms with E-state index >= 15 is 0 Å². The van der Waals surface area contributed by atoms with Gasteiger partial charge in [-0.3, -0.25) is 4.79 Å². The van der Waals surface area contributed by atoms with Crippen molar-refractivity contribution < 1.29 is 24.2 Å². The molecular formula is C21H26N2O5. The molecule has 150 valence electrons. The summed E-state index contributed by atoms with van der Waals surface area (Å²) in [7, 11) is 1.37. The first kappa shape index (κ1) is 21.2. The molecule has 2 N–H and O–H groups in total. The lowest BCUT2D eigenvalue weighted by atomic mass is 9.92. The fourth-order valence-electron chi connectivity index (χ4n) is 2.83. The van der Waals surface area contributed by atoms with E-state index in [9.17, 15) is 14.7 Å². The average Bonchev–Trinajstić information content (AvgIpc) is 2.67. The fraction of sp³-hybridized carbons (Fsp3) is 0.381. The molecule has 7 heteroatoms. The number of esters is 1. The van der Waals surface area contributed by atoms with Gasteiger partial charge in [-0.15, -0.1) is 0 Å². The van der Waals surface area contributed by atoms with Crippen molar-refractivity contribution in [3.05, 3.63) is 53.3 Å². The van der Waals surface area contributed by atoms with Crippen LogP contribution in [-0.4, -0.2) is 41.2 Å². The predicted molar refractivity (Wildman–Crippen MR) is 105 cm³/mol. The number of hydrogen-bond acceptors (Lipinski definition) is 6. The van der Waals surface area contributed by atoms with Gasteiger partial charge in [0.1, 0.15) is 12.1 Å². The van der Waals surface area contributed by atoms with Crippen LogP contribution in [-0.2, 0) is 9.53 Å². The number of rotatable bonds is 7. The van der Waals surface area contributed by atoms with Gasteiger partial charge in [0.2, 0.25) is 0 Å². The smallest absolute Gasteiger partial charge is 0.328 e. The number of hydrogen-bond donors (Lipinski definition) is 2. The first-order valence-electron chi connectivity index (χ1n) is 9.05. The molecule has 0 unspecified atom stereocenters. The Morgan fingerprint density at radius 2 is 1.82 bits per heavy atom. The second-order valence-corrected chi connectivity index (χ2v) is 6.69. The average molecular weight is 386 g/mol. The zero-order chi connectivity index (χ0) is 20.8. The minimum atomic E-state index is -0.911. The fourth-order valence-corrected chi connectivity index (χ4v) is 2.83. The maximum absolute atomic E-state index is 12.4. The van der Waals surface area contributed by atoms with Gasteiger partial charge in [-0.2, -0.15) is 0 Å². The third-order valence-electron chi connectivity index (χ3n) is 4.71. The van der Waals surface area contributed by atoms with Crippen LogP contribution in [0.5, 0.6) is 11.5 Å². The number of methoxy groups -OCH3 is 1. The second kappa shape index (κ2) is 9.21. The number of nitrogens with one attached hydrogen (secondary N) is 1. The van der Waals surface area contributed by atoms with E-state index in [-0.39, 0.29) is 29.2 Å². The van der Waals surface area contributed by atoms with Crippen LogP contribution in [0, 0.1) is 6.92 Å². The monoisotopic (exact) mass is 386 g/mol. The molecule has 0 saturated heterocycles. The molecule has 0 fully saturated rings. The molecular weight excluding hydrogens is 360 g/mol. The zero-order valence-electron chi connectivity index (χ0n) is 16.7. The van der Waals surface area contributed by atoms with E-state index in [0.29, 0.717) is 0 Å². The normalized spacial score (nSPS) is 13.9. The predicted octanol–water partition coefficient (Wildman–Crippen LogP) is 2.96. The van der Waals surface area contributed by atoms with Gasteiger partial charge in [0.05, 0.1) is 7.11 Å². The van der Waals surface area contributed by atoms with Gasteiger partial charge in [-0.25, -0.2) is 9.78 Å². The maximum Gasteiger partial charge on any atom is 0.328 e. The van der Waals surface area contributed by atoms with Crippen molar-refractivity contribution in [1.82, 2.24) is 10.3 Å². The summed E-state index contributed by atoms with van der Waals surface area (Å²) >= 11 is 0. The van der Waals surface area contributed by atoms with Gasteiger partial charge in [0, 0.05) is 18.2 Å². The summed E-state index contributed by atoms with van der Waals surface area (Å²) < 4.78 is 10.5. The number of aryl methyl sites for hydroxylation is 1. The highest BCUT2D eigenvalue weighted by Crippen LogP contribution is 2.27. The van der Waals surface area contributed by atoms with Gasteiger partial charge in [0.25, 0.3) is 5.91 Å². The number of benzene rings is 1. The van der Waals surface area contributed by atoms with E-state index in [1.807, 2.05) is 45.0 Å². The van der Waals surface area contributed by atoms with E-state index in [1.165, 1.54) is 26.3 Å². The van der Waals surface area contributed by atoms with Crippen LogP contribution in [0.4, 0.5) is 0 Å². The van der Waals surface area contributed by atoms with Gasteiger partial charge in [0.15, 0.2) is 17.2 Å². The summed E-state index contributed by atoms with van der Waals surface area (Å²) in [4.78, 5) is 28.6. The summed E-state index contributed by atoms with van der Waals surface area (Å²) in [6, 6.07) is 8.44. The van der Waals surface area contributed by atoms with Crippen LogP contribution in [0.2, 0.25) is 0 Å². The van der Waals surface area contributed by atoms with Crippen LogP contribution in [0.15, 0.2) is 36.5 Å². The van der Waals surface area contributed by atoms with Gasteiger partial charge < -0.3 is 19.9 Å². The molecule has 1 aromatic heterocycles. The highest BCUT2D eigenvalue weighted by atomic mass is 16.5. The Hall–Kier alpha value is -3.09. The van der Waals surface area contributed by atoms with Crippen molar-refractivity contribution >= 4 is 11.9 Å². The minimum absolute atomic E-state index is 0.00264. The molecule has 3 atom stereocenters. The standard InChI is InChI=1S/C21H26N2O5/c1-12-8-6-7-9-16(12)13(2)15(4)28-21(26)14(3)23-20(25)18-19(24)17(27-5)10-11-22-18/h6-11,13-15,24H,1-5H3,(H,23,25)/t13-,14+,15-/m1/s1. The van der Waals surface area contributed by atoms with Crippen LogP contribution >= 0.6 is 0 Å². The lowest BCUT2D eigenvalue weighted by molar-refractivity contribution is -0.151. The lowest BCUT2D eigenvalue weighted by Gasteiger charge is -2.24. The number of amides is 1. The first-order chi connectivity index (χ1) is 13.3. The van der Waals surface area contributed by atoms with Gasteiger partial charge in [-0.1, -0.05) is 31.2 Å². The molecule has 0 radical (unpaired) electrons. The van der Waals surface area contributed by atoms with Crippen LogP contribution in [0.25, 0.3) is 0 Å². The van der Waals surface area contributed by atoms with Crippen molar-refractivity contribution in [2.24, 2.45) is 0 Å². The van der Waals surface area contributed by atoms with E-state index in [2.05, 4.69) is 10.3 Å². The Morgan fingerprint density at radius 1 is 1.14 bits per heavy atom. The van der Waals surface area contributed by atoms with Crippen LogP contribution < -0.4 is 10.1 Å². The van der Waals surface area contributed by atoms with E-state index in [4.69, 9.17) is 9.47 Å². The lowest BCUT2D eigenvalue weighted by Crippen LogP contribution is -2.41. The highest BCUT2D eigenvalue weighted by molar-refractivity contribution is 5.97. The summed E-state index contributed by atoms with van der Waals surface area (Å²) in [6.45, 7) is 7.33. The molecule has 7 nitrogen and oxygen atoms in total. The van der Waals surface area contributed by atoms with E-state index in [0.717, 1.165) is 11.1 Å². The SMILES string of the molecule is COc1ccnc(C(=O)N[C@@H](C)C(=O)O[C@H](C)[C@@H](C)c2ccccc2C)c1O. The Kier molecular flexibility index (Phi) is 6.98. The number of ether oxygens (including phenoxy) is 2. The molecule has 28 heavy (non-hydrogen) atoms. The molecule has 1 aromatic carbocycles. The number of aromatic hydroxyl groups is 1. The molecule has 0 aliphatic rings. The molecule has 0 aliphatic carbocycles. The molecule has 2 rings (SSSR count). The quantitative estimate of drug-likeness (QED) is 0.710. The van der Waals surface area contributed by atoms with Crippen molar-refractivity contribution in [3.63, 3.8) is 0 Å². The van der Waals surface area contributed by atoms with Crippen LogP contribution in [0.1, 0.15) is 48.3 Å². The first-order valence-corrected chi connectivity index (χ1v) is 9.05. The number of nitrogens with zero attached hydrogens (tertiary/aromatic N) is 1. The largest absolute Gasteiger partial charge is 0.503 e. The van der Waals surface area contributed by atoms with Gasteiger partial charge in [-0.05, 0) is 31.9 Å². The third kappa shape index (κ3) is 4.79. The van der Waals surface area contributed by atoms with Crippen molar-refractivity contribution in [2.75, 3.05) is 7.11 Å². The van der Waals surface area contributed by atoms with E-state index in [1.54, 1.807) is 0 Å². The molecule has 2 aromatic rings. The number of pyridine rings is 1. The molecule has 0 spiro atoms. The zero-order valence-corrected chi connectivity index (χ0v) is 16.7. The minimum Gasteiger partial charge on any atom is -0.503 e. The van der Waals surface area contributed by atoms with Crippen molar-refractivity contribution in [2.45, 2.75) is 45.8 Å². The number of aromatic nitrogens is 1. The topological polar surface area (TPSA) is 97.8 Å². The maximum atomic E-state index is 12.4. The molecule has 1 heterocycles. The Bertz CT molecular complexity index is 852. The molecule has 1 amide bonds. The van der Waals surface area contributed by atoms with Crippen LogP contribution in [0.3, 0.4) is 0 Å². The molecule has 0 bridgehead atoms. The Balaban J connectivity index is 2.01. The van der Waals surface area contributed by atoms with Crippen molar-refractivity contribution in [1.29, 1.82) is 0 Å². The van der Waals surface area contributed by atoms with Gasteiger partial charge >= 0.3 is 5.97 Å². The summed E-state index contributed by atoms with van der Waals surface area (Å²) in [6.07, 6.45) is 0.957. The molecule has 0 saturated carbocycles. The molecule has 0 aliphatic heterocycles. The number of carbonyl (C=O) groups excluding carboxylic acids is 2. The number of carbonyl (C=O) groups is 2. The third-order valence-corrected chi connectivity index (χ3v) is 4.71. The Morgan fingerprint density at radius 3 is 2.46 bits per heavy atom. The summed E-state index contributed by atoms with van der Waals surface area (Å²) in [5, 5.41) is 12.5. The van der Waals surface area contributed by atoms with Crippen molar-refractivity contribution in [3.8, 4) is 11.5 Å². The van der Waals surface area contributed by atoms with E-state index < -0.39 is 17.9 Å². The Labute approximate surface area is 164 Å². The second-order valence-electron chi connectivity index (χ2n) is 6.69. The highest BCUT2D eigenvalue weighted by Gasteiger charge is 2.26.